The third-order valence-electron chi connectivity index (χ3n) is 3.69. The highest BCUT2D eigenvalue weighted by atomic mass is 16.5. The highest BCUT2D eigenvalue weighted by Gasteiger charge is 2.25. The summed E-state index contributed by atoms with van der Waals surface area (Å²) in [6.45, 7) is 8.84. The number of carbonyl (C=O) groups excluding carboxylic acids is 1. The van der Waals surface area contributed by atoms with Gasteiger partial charge in [0.25, 0.3) is 0 Å². The van der Waals surface area contributed by atoms with E-state index < -0.39 is 0 Å². The number of carbonyl (C=O) groups is 1. The lowest BCUT2D eigenvalue weighted by atomic mass is 9.99. The molecule has 4 nitrogen and oxygen atoms in total. The van der Waals surface area contributed by atoms with Gasteiger partial charge in [-0.05, 0) is 19.8 Å². The Bertz CT molecular complexity index is 319. The van der Waals surface area contributed by atoms with Gasteiger partial charge in [-0.2, -0.15) is 0 Å². The Hall–Kier alpha value is -1.03. The van der Waals surface area contributed by atoms with Gasteiger partial charge in [0.15, 0.2) is 0 Å². The number of rotatable bonds is 1. The molecule has 2 rings (SSSR count). The fourth-order valence-electron chi connectivity index (χ4n) is 2.56. The maximum atomic E-state index is 12.3. The summed E-state index contributed by atoms with van der Waals surface area (Å²) >= 11 is 0. The van der Waals surface area contributed by atoms with E-state index in [0.29, 0.717) is 13.2 Å². The summed E-state index contributed by atoms with van der Waals surface area (Å²) in [4.78, 5) is 16.1. The van der Waals surface area contributed by atoms with Gasteiger partial charge >= 0.3 is 6.03 Å². The molecule has 0 aromatic rings. The molecule has 1 fully saturated rings. The molecule has 2 aliphatic heterocycles. The Morgan fingerprint density at radius 2 is 1.94 bits per heavy atom. The summed E-state index contributed by atoms with van der Waals surface area (Å²) in [5.41, 5.74) is 2.90. The molecule has 4 heteroatoms. The van der Waals surface area contributed by atoms with Crippen molar-refractivity contribution >= 4 is 6.03 Å². The number of nitrogens with zero attached hydrogens (tertiary/aromatic N) is 2. The first-order chi connectivity index (χ1) is 8.22. The van der Waals surface area contributed by atoms with Crippen LogP contribution in [0.2, 0.25) is 0 Å². The molecule has 0 bridgehead atoms. The van der Waals surface area contributed by atoms with Crippen LogP contribution in [0, 0.1) is 0 Å². The Morgan fingerprint density at radius 1 is 1.24 bits per heavy atom. The SMILES string of the molecule is CCC1=C(C)CN(C(=O)N2CCOCC2)CC1. The van der Waals surface area contributed by atoms with E-state index in [1.807, 2.05) is 9.80 Å². The van der Waals surface area contributed by atoms with Crippen molar-refractivity contribution in [3.8, 4) is 0 Å². The van der Waals surface area contributed by atoms with Crippen molar-refractivity contribution in [2.24, 2.45) is 0 Å². The van der Waals surface area contributed by atoms with Gasteiger partial charge in [0, 0.05) is 26.2 Å². The molecule has 0 N–H and O–H groups in total. The maximum Gasteiger partial charge on any atom is 0.320 e. The van der Waals surface area contributed by atoms with Crippen LogP contribution in [0.5, 0.6) is 0 Å². The van der Waals surface area contributed by atoms with Crippen LogP contribution in [-0.2, 0) is 4.74 Å². The van der Waals surface area contributed by atoms with Gasteiger partial charge in [-0.15, -0.1) is 0 Å². The molecule has 0 unspecified atom stereocenters. The van der Waals surface area contributed by atoms with Crippen molar-refractivity contribution in [1.29, 1.82) is 0 Å². The van der Waals surface area contributed by atoms with Crippen molar-refractivity contribution in [3.05, 3.63) is 11.1 Å². The summed E-state index contributed by atoms with van der Waals surface area (Å²) in [5, 5.41) is 0. The molecule has 0 aromatic heterocycles. The minimum Gasteiger partial charge on any atom is -0.378 e. The number of urea groups is 1. The van der Waals surface area contributed by atoms with Gasteiger partial charge in [-0.3, -0.25) is 0 Å². The van der Waals surface area contributed by atoms with Crippen LogP contribution in [0.25, 0.3) is 0 Å². The van der Waals surface area contributed by atoms with Crippen LogP contribution in [0.1, 0.15) is 26.7 Å². The number of hydrogen-bond donors (Lipinski definition) is 0. The molecule has 17 heavy (non-hydrogen) atoms. The molecule has 0 aliphatic carbocycles. The Balaban J connectivity index is 1.95. The fraction of sp³-hybridized carbons (Fsp3) is 0.769. The van der Waals surface area contributed by atoms with Crippen molar-refractivity contribution in [1.82, 2.24) is 9.80 Å². The van der Waals surface area contributed by atoms with Crippen LogP contribution in [0.4, 0.5) is 4.79 Å². The molecule has 0 saturated carbocycles. The number of ether oxygens (including phenoxy) is 1. The Kier molecular flexibility index (Phi) is 4.05. The summed E-state index contributed by atoms with van der Waals surface area (Å²) in [6.07, 6.45) is 2.16. The zero-order valence-corrected chi connectivity index (χ0v) is 10.9. The lowest BCUT2D eigenvalue weighted by Crippen LogP contribution is -2.49. The Labute approximate surface area is 103 Å². The molecule has 0 atom stereocenters. The molecule has 0 spiro atoms. The normalized spacial score (nSPS) is 22.0. The molecule has 0 aromatic carbocycles. The summed E-state index contributed by atoms with van der Waals surface area (Å²) < 4.78 is 5.27. The fourth-order valence-corrected chi connectivity index (χ4v) is 2.56. The molecular formula is C13H22N2O2. The topological polar surface area (TPSA) is 32.8 Å². The maximum absolute atomic E-state index is 12.3. The first-order valence-electron chi connectivity index (χ1n) is 6.51. The summed E-state index contributed by atoms with van der Waals surface area (Å²) in [6, 6.07) is 0.183. The second kappa shape index (κ2) is 5.54. The quantitative estimate of drug-likeness (QED) is 0.653. The zero-order valence-electron chi connectivity index (χ0n) is 10.9. The second-order valence-corrected chi connectivity index (χ2v) is 4.79. The highest BCUT2D eigenvalue weighted by Crippen LogP contribution is 2.21. The van der Waals surface area contributed by atoms with Crippen LogP contribution in [0.15, 0.2) is 11.1 Å². The molecular weight excluding hydrogens is 216 g/mol. The standard InChI is InChI=1S/C13H22N2O2/c1-3-12-4-5-15(10-11(12)2)13(16)14-6-8-17-9-7-14/h3-10H2,1-2H3. The van der Waals surface area contributed by atoms with E-state index in [2.05, 4.69) is 13.8 Å². The predicted molar refractivity (Wildman–Crippen MR) is 67.0 cm³/mol. The summed E-state index contributed by atoms with van der Waals surface area (Å²) in [7, 11) is 0. The third kappa shape index (κ3) is 2.80. The molecule has 2 amide bonds. The first kappa shape index (κ1) is 12.4. The van der Waals surface area contributed by atoms with E-state index in [4.69, 9.17) is 4.74 Å². The lowest BCUT2D eigenvalue weighted by Gasteiger charge is -2.35. The number of amides is 2. The average molecular weight is 238 g/mol. The average Bonchev–Trinajstić information content (AvgIpc) is 2.39. The minimum absolute atomic E-state index is 0.183. The van der Waals surface area contributed by atoms with E-state index in [-0.39, 0.29) is 6.03 Å². The summed E-state index contributed by atoms with van der Waals surface area (Å²) in [5.74, 6) is 0. The van der Waals surface area contributed by atoms with Gasteiger partial charge in [0.1, 0.15) is 0 Å². The molecule has 2 heterocycles. The lowest BCUT2D eigenvalue weighted by molar-refractivity contribution is 0.0437. The Morgan fingerprint density at radius 3 is 2.53 bits per heavy atom. The van der Waals surface area contributed by atoms with E-state index in [1.165, 1.54) is 11.1 Å². The van der Waals surface area contributed by atoms with Gasteiger partial charge < -0.3 is 14.5 Å². The van der Waals surface area contributed by atoms with E-state index >= 15 is 0 Å². The van der Waals surface area contributed by atoms with Crippen LogP contribution in [-0.4, -0.2) is 55.2 Å². The minimum atomic E-state index is 0.183. The van der Waals surface area contributed by atoms with Crippen molar-refractivity contribution in [2.45, 2.75) is 26.7 Å². The van der Waals surface area contributed by atoms with Crippen LogP contribution < -0.4 is 0 Å². The highest BCUT2D eigenvalue weighted by molar-refractivity contribution is 5.75. The predicted octanol–water partition coefficient (Wildman–Crippen LogP) is 1.87. The number of morpholine rings is 1. The first-order valence-corrected chi connectivity index (χ1v) is 6.51. The largest absolute Gasteiger partial charge is 0.378 e. The smallest absolute Gasteiger partial charge is 0.320 e. The van der Waals surface area contributed by atoms with Gasteiger partial charge in [-0.25, -0.2) is 4.79 Å². The zero-order chi connectivity index (χ0) is 12.3. The third-order valence-corrected chi connectivity index (χ3v) is 3.69. The van der Waals surface area contributed by atoms with Crippen molar-refractivity contribution < 1.29 is 9.53 Å². The molecule has 96 valence electrons. The van der Waals surface area contributed by atoms with Crippen LogP contribution >= 0.6 is 0 Å². The van der Waals surface area contributed by atoms with Gasteiger partial charge in [0.05, 0.1) is 13.2 Å². The molecule has 0 radical (unpaired) electrons. The van der Waals surface area contributed by atoms with Crippen LogP contribution in [0.3, 0.4) is 0 Å². The van der Waals surface area contributed by atoms with E-state index in [1.54, 1.807) is 0 Å². The second-order valence-electron chi connectivity index (χ2n) is 4.79. The van der Waals surface area contributed by atoms with Gasteiger partial charge in [0.2, 0.25) is 0 Å². The van der Waals surface area contributed by atoms with Crippen molar-refractivity contribution in [3.63, 3.8) is 0 Å². The van der Waals surface area contributed by atoms with E-state index in [0.717, 1.165) is 39.0 Å². The molecule has 1 saturated heterocycles. The monoisotopic (exact) mass is 238 g/mol. The molecule has 2 aliphatic rings. The van der Waals surface area contributed by atoms with Crippen molar-refractivity contribution in [2.75, 3.05) is 39.4 Å². The number of hydrogen-bond acceptors (Lipinski definition) is 2. The van der Waals surface area contributed by atoms with E-state index in [9.17, 15) is 4.79 Å². The van der Waals surface area contributed by atoms with Gasteiger partial charge in [-0.1, -0.05) is 18.1 Å².